The van der Waals surface area contributed by atoms with Crippen molar-refractivity contribution in [3.05, 3.63) is 69.9 Å². The number of H-pyrrole nitrogens is 1. The SMILES string of the molecule is O=c1[nH]ccc2c(F)cc(-c3cccc4c3CCC4)cc12. The van der Waals surface area contributed by atoms with E-state index in [1.165, 1.54) is 23.4 Å². The highest BCUT2D eigenvalue weighted by atomic mass is 19.1. The number of pyridine rings is 1. The van der Waals surface area contributed by atoms with E-state index in [0.717, 1.165) is 30.4 Å². The molecule has 0 saturated heterocycles. The van der Waals surface area contributed by atoms with Gasteiger partial charge in [0.15, 0.2) is 0 Å². The minimum atomic E-state index is -0.343. The third kappa shape index (κ3) is 1.88. The minimum absolute atomic E-state index is 0.249. The first-order chi connectivity index (χ1) is 10.2. The molecule has 3 heteroatoms. The molecule has 2 nitrogen and oxygen atoms in total. The Morgan fingerprint density at radius 2 is 1.95 bits per heavy atom. The third-order valence-corrected chi connectivity index (χ3v) is 4.30. The van der Waals surface area contributed by atoms with E-state index in [9.17, 15) is 9.18 Å². The van der Waals surface area contributed by atoms with Gasteiger partial charge in [-0.2, -0.15) is 0 Å². The summed E-state index contributed by atoms with van der Waals surface area (Å²) in [7, 11) is 0. The second-order valence-electron chi connectivity index (χ2n) is 5.52. The van der Waals surface area contributed by atoms with Crippen molar-refractivity contribution in [2.75, 3.05) is 0 Å². The number of fused-ring (bicyclic) bond motifs is 2. The topological polar surface area (TPSA) is 32.9 Å². The highest BCUT2D eigenvalue weighted by Crippen LogP contribution is 2.34. The van der Waals surface area contributed by atoms with Crippen molar-refractivity contribution in [2.24, 2.45) is 0 Å². The molecular weight excluding hydrogens is 265 g/mol. The van der Waals surface area contributed by atoms with Crippen LogP contribution in [0.2, 0.25) is 0 Å². The fraction of sp³-hybridized carbons (Fsp3) is 0.167. The Labute approximate surface area is 121 Å². The van der Waals surface area contributed by atoms with Crippen LogP contribution in [0.25, 0.3) is 21.9 Å². The normalized spacial score (nSPS) is 13.6. The van der Waals surface area contributed by atoms with Crippen LogP contribution in [0.15, 0.2) is 47.4 Å². The van der Waals surface area contributed by atoms with Crippen molar-refractivity contribution in [3.8, 4) is 11.1 Å². The number of hydrogen-bond donors (Lipinski definition) is 1. The molecule has 0 amide bonds. The Hall–Kier alpha value is -2.42. The smallest absolute Gasteiger partial charge is 0.255 e. The summed E-state index contributed by atoms with van der Waals surface area (Å²) in [5.74, 6) is -0.343. The maximum absolute atomic E-state index is 14.3. The van der Waals surface area contributed by atoms with Gasteiger partial charge < -0.3 is 4.98 Å². The molecule has 21 heavy (non-hydrogen) atoms. The summed E-state index contributed by atoms with van der Waals surface area (Å²) in [5.41, 5.74) is 4.23. The molecule has 2 aromatic carbocycles. The van der Waals surface area contributed by atoms with E-state index in [0.29, 0.717) is 10.8 Å². The van der Waals surface area contributed by atoms with Crippen molar-refractivity contribution in [1.29, 1.82) is 0 Å². The van der Waals surface area contributed by atoms with Gasteiger partial charge in [-0.25, -0.2) is 4.39 Å². The number of halogens is 1. The van der Waals surface area contributed by atoms with Crippen LogP contribution in [0.5, 0.6) is 0 Å². The van der Waals surface area contributed by atoms with Crippen LogP contribution in [0, 0.1) is 5.82 Å². The van der Waals surface area contributed by atoms with Crippen molar-refractivity contribution >= 4 is 10.8 Å². The maximum Gasteiger partial charge on any atom is 0.255 e. The van der Waals surface area contributed by atoms with Crippen molar-refractivity contribution in [1.82, 2.24) is 4.98 Å². The summed E-state index contributed by atoms with van der Waals surface area (Å²) >= 11 is 0. The molecule has 4 rings (SSSR count). The van der Waals surface area contributed by atoms with E-state index in [1.807, 2.05) is 12.1 Å². The molecule has 1 aliphatic rings. The zero-order valence-electron chi connectivity index (χ0n) is 11.4. The molecule has 0 bridgehead atoms. The quantitative estimate of drug-likeness (QED) is 0.721. The second kappa shape index (κ2) is 4.55. The lowest BCUT2D eigenvalue weighted by atomic mass is 9.95. The average molecular weight is 279 g/mol. The van der Waals surface area contributed by atoms with Crippen LogP contribution in [-0.2, 0) is 12.8 Å². The largest absolute Gasteiger partial charge is 0.329 e. The summed E-state index contributed by atoms with van der Waals surface area (Å²) < 4.78 is 14.3. The number of nitrogens with one attached hydrogen (secondary N) is 1. The Morgan fingerprint density at radius 3 is 2.86 bits per heavy atom. The zero-order chi connectivity index (χ0) is 14.4. The monoisotopic (exact) mass is 279 g/mol. The highest BCUT2D eigenvalue weighted by molar-refractivity contribution is 5.87. The van der Waals surface area contributed by atoms with Gasteiger partial charge in [0.2, 0.25) is 0 Å². The molecule has 0 spiro atoms. The van der Waals surface area contributed by atoms with Crippen LogP contribution in [0.3, 0.4) is 0 Å². The lowest BCUT2D eigenvalue weighted by Crippen LogP contribution is -2.05. The van der Waals surface area contributed by atoms with E-state index in [4.69, 9.17) is 0 Å². The first-order valence-corrected chi connectivity index (χ1v) is 7.16. The molecule has 1 heterocycles. The second-order valence-corrected chi connectivity index (χ2v) is 5.52. The van der Waals surface area contributed by atoms with Gasteiger partial charge in [0.1, 0.15) is 5.82 Å². The van der Waals surface area contributed by atoms with Crippen LogP contribution < -0.4 is 5.56 Å². The Kier molecular flexibility index (Phi) is 2.67. The lowest BCUT2D eigenvalue weighted by molar-refractivity contribution is 0.640. The van der Waals surface area contributed by atoms with Gasteiger partial charge >= 0.3 is 0 Å². The molecule has 1 N–H and O–H groups in total. The predicted molar refractivity (Wildman–Crippen MR) is 82.0 cm³/mol. The molecule has 0 unspecified atom stereocenters. The van der Waals surface area contributed by atoms with Gasteiger partial charge in [-0.15, -0.1) is 0 Å². The number of rotatable bonds is 1. The Balaban J connectivity index is 2.02. The number of benzene rings is 2. The van der Waals surface area contributed by atoms with Crippen molar-refractivity contribution < 1.29 is 4.39 Å². The van der Waals surface area contributed by atoms with Crippen LogP contribution in [0.1, 0.15) is 17.5 Å². The molecule has 0 radical (unpaired) electrons. The Bertz CT molecular complexity index is 911. The van der Waals surface area contributed by atoms with E-state index in [1.54, 1.807) is 12.1 Å². The number of aromatic amines is 1. The van der Waals surface area contributed by atoms with E-state index < -0.39 is 0 Å². The summed E-state index contributed by atoms with van der Waals surface area (Å²) in [6.07, 6.45) is 4.73. The molecule has 1 aromatic heterocycles. The maximum atomic E-state index is 14.3. The van der Waals surface area contributed by atoms with Gasteiger partial charge in [-0.05, 0) is 59.7 Å². The van der Waals surface area contributed by atoms with Crippen LogP contribution in [0.4, 0.5) is 4.39 Å². The summed E-state index contributed by atoms with van der Waals surface area (Å²) in [5, 5.41) is 0.776. The van der Waals surface area contributed by atoms with Crippen molar-refractivity contribution in [3.63, 3.8) is 0 Å². The van der Waals surface area contributed by atoms with Gasteiger partial charge in [0.05, 0.1) is 5.39 Å². The van der Waals surface area contributed by atoms with Gasteiger partial charge in [0, 0.05) is 11.6 Å². The fourth-order valence-corrected chi connectivity index (χ4v) is 3.30. The van der Waals surface area contributed by atoms with Crippen LogP contribution in [-0.4, -0.2) is 4.98 Å². The first kappa shape index (κ1) is 12.3. The van der Waals surface area contributed by atoms with Gasteiger partial charge in [-0.3, -0.25) is 4.79 Å². The van der Waals surface area contributed by atoms with E-state index >= 15 is 0 Å². The lowest BCUT2D eigenvalue weighted by Gasteiger charge is -2.10. The van der Waals surface area contributed by atoms with E-state index in [2.05, 4.69) is 11.1 Å². The summed E-state index contributed by atoms with van der Waals surface area (Å²) in [6, 6.07) is 11.1. The van der Waals surface area contributed by atoms with Gasteiger partial charge in [0.25, 0.3) is 5.56 Å². The highest BCUT2D eigenvalue weighted by Gasteiger charge is 2.16. The number of aromatic nitrogens is 1. The zero-order valence-corrected chi connectivity index (χ0v) is 11.4. The molecule has 3 aromatic rings. The van der Waals surface area contributed by atoms with E-state index in [-0.39, 0.29) is 11.4 Å². The number of aryl methyl sites for hydroxylation is 1. The number of hydrogen-bond acceptors (Lipinski definition) is 1. The standard InChI is InChI=1S/C18H14FNO/c19-17-10-12(9-16-15(17)7-8-20-18(16)21)14-6-2-4-11-3-1-5-13(11)14/h2,4,6-10H,1,3,5H2,(H,20,21). The van der Waals surface area contributed by atoms with Crippen LogP contribution >= 0.6 is 0 Å². The molecule has 0 saturated carbocycles. The molecule has 0 aliphatic heterocycles. The fourth-order valence-electron chi connectivity index (χ4n) is 3.30. The minimum Gasteiger partial charge on any atom is -0.329 e. The molecule has 104 valence electrons. The Morgan fingerprint density at radius 1 is 1.05 bits per heavy atom. The summed E-state index contributed by atoms with van der Waals surface area (Å²) in [4.78, 5) is 14.5. The van der Waals surface area contributed by atoms with Crippen molar-refractivity contribution in [2.45, 2.75) is 19.3 Å². The molecular formula is C18H14FNO. The predicted octanol–water partition coefficient (Wildman–Crippen LogP) is 3.82. The van der Waals surface area contributed by atoms with Gasteiger partial charge in [-0.1, -0.05) is 18.2 Å². The molecule has 0 fully saturated rings. The molecule has 1 aliphatic carbocycles. The molecule has 0 atom stereocenters. The average Bonchev–Trinajstić information content (AvgIpc) is 2.96. The third-order valence-electron chi connectivity index (χ3n) is 4.30. The summed E-state index contributed by atoms with van der Waals surface area (Å²) in [6.45, 7) is 0. The first-order valence-electron chi connectivity index (χ1n) is 7.16.